The van der Waals surface area contributed by atoms with Crippen molar-refractivity contribution >= 4 is 0 Å². The van der Waals surface area contributed by atoms with E-state index in [0.717, 1.165) is 26.3 Å². The van der Waals surface area contributed by atoms with Crippen LogP contribution in [-0.4, -0.2) is 31.2 Å². The molecule has 2 aromatic carbocycles. The smallest absolute Gasteiger partial charge is 0.0642 e. The Bertz CT molecular complexity index is 710. The lowest BCUT2D eigenvalue weighted by molar-refractivity contribution is 0.0508. The molecule has 0 radical (unpaired) electrons. The van der Waals surface area contributed by atoms with Crippen LogP contribution < -0.4 is 0 Å². The third-order valence-corrected chi connectivity index (χ3v) is 5.29. The third kappa shape index (κ3) is 1.65. The molecular formula is C20H19NO. The minimum atomic E-state index is 0.399. The lowest BCUT2D eigenvalue weighted by Crippen LogP contribution is -2.40. The number of rotatable bonds is 1. The van der Waals surface area contributed by atoms with Gasteiger partial charge in [0.1, 0.15) is 0 Å². The first-order chi connectivity index (χ1) is 10.9. The Balaban J connectivity index is 1.69. The first kappa shape index (κ1) is 12.5. The number of allylic oxidation sites excluding steroid dienone is 2. The van der Waals surface area contributed by atoms with Crippen LogP contribution in [0.4, 0.5) is 0 Å². The average molecular weight is 289 g/mol. The molecule has 2 nitrogen and oxygen atoms in total. The Hall–Kier alpha value is -2.06. The second-order valence-corrected chi connectivity index (χ2v) is 6.36. The molecule has 110 valence electrons. The van der Waals surface area contributed by atoms with Gasteiger partial charge in [-0.15, -0.1) is 0 Å². The average Bonchev–Trinajstić information content (AvgIpc) is 2.62. The maximum absolute atomic E-state index is 5.54. The maximum Gasteiger partial charge on any atom is 0.0642 e. The van der Waals surface area contributed by atoms with Crippen molar-refractivity contribution in [1.29, 1.82) is 0 Å². The molecule has 2 bridgehead atoms. The summed E-state index contributed by atoms with van der Waals surface area (Å²) in [6.07, 6.45) is 2.50. The fourth-order valence-electron chi connectivity index (χ4n) is 4.32. The van der Waals surface area contributed by atoms with E-state index in [9.17, 15) is 0 Å². The van der Waals surface area contributed by atoms with Crippen LogP contribution >= 0.6 is 0 Å². The van der Waals surface area contributed by atoms with Gasteiger partial charge in [0.05, 0.1) is 13.2 Å². The van der Waals surface area contributed by atoms with Crippen molar-refractivity contribution in [2.75, 3.05) is 26.3 Å². The standard InChI is InChI=1S/C20H19NO/c1-3-7-16-14(5-1)18-13-19(21-9-11-22-12-10-21)20(16)17-8-4-2-6-15(17)18/h1-8,13,18,20H,9-12H2. The van der Waals surface area contributed by atoms with Gasteiger partial charge in [0, 0.05) is 30.6 Å². The van der Waals surface area contributed by atoms with E-state index in [1.165, 1.54) is 28.0 Å². The molecule has 0 N–H and O–H groups in total. The third-order valence-electron chi connectivity index (χ3n) is 5.29. The molecule has 0 unspecified atom stereocenters. The molecule has 4 aliphatic rings. The summed E-state index contributed by atoms with van der Waals surface area (Å²) < 4.78 is 5.54. The Morgan fingerprint density at radius 1 is 0.773 bits per heavy atom. The molecule has 1 heterocycles. The molecule has 1 saturated heterocycles. The van der Waals surface area contributed by atoms with Crippen molar-refractivity contribution in [2.45, 2.75) is 11.8 Å². The number of morpholine rings is 1. The molecule has 0 amide bonds. The van der Waals surface area contributed by atoms with E-state index in [0.29, 0.717) is 11.8 Å². The minimum Gasteiger partial charge on any atom is -0.378 e. The van der Waals surface area contributed by atoms with Gasteiger partial charge in [-0.1, -0.05) is 54.6 Å². The first-order valence-corrected chi connectivity index (χ1v) is 8.15. The first-order valence-electron chi connectivity index (χ1n) is 8.15. The van der Waals surface area contributed by atoms with E-state index in [2.05, 4.69) is 59.5 Å². The highest BCUT2D eigenvalue weighted by atomic mass is 16.5. The summed E-state index contributed by atoms with van der Waals surface area (Å²) in [5, 5.41) is 0. The summed E-state index contributed by atoms with van der Waals surface area (Å²) in [7, 11) is 0. The van der Waals surface area contributed by atoms with E-state index in [1.807, 2.05) is 0 Å². The number of ether oxygens (including phenoxy) is 1. The lowest BCUT2D eigenvalue weighted by Gasteiger charge is -2.44. The molecule has 2 heteroatoms. The van der Waals surface area contributed by atoms with E-state index in [-0.39, 0.29) is 0 Å². The summed E-state index contributed by atoms with van der Waals surface area (Å²) in [6, 6.07) is 17.9. The zero-order valence-electron chi connectivity index (χ0n) is 12.5. The highest BCUT2D eigenvalue weighted by Gasteiger charge is 2.39. The zero-order valence-corrected chi connectivity index (χ0v) is 12.5. The maximum atomic E-state index is 5.54. The second-order valence-electron chi connectivity index (χ2n) is 6.36. The van der Waals surface area contributed by atoms with Crippen LogP contribution in [-0.2, 0) is 4.74 Å². The molecule has 1 aliphatic heterocycles. The van der Waals surface area contributed by atoms with Crippen molar-refractivity contribution in [1.82, 2.24) is 4.90 Å². The normalized spacial score (nSPS) is 25.5. The van der Waals surface area contributed by atoms with Gasteiger partial charge in [0.25, 0.3) is 0 Å². The predicted octanol–water partition coefficient (Wildman–Crippen LogP) is 3.49. The van der Waals surface area contributed by atoms with E-state index < -0.39 is 0 Å². The zero-order chi connectivity index (χ0) is 14.5. The van der Waals surface area contributed by atoms with Crippen molar-refractivity contribution in [3.05, 3.63) is 82.6 Å². The summed E-state index contributed by atoms with van der Waals surface area (Å²) in [5.41, 5.74) is 7.46. The van der Waals surface area contributed by atoms with Gasteiger partial charge in [0.2, 0.25) is 0 Å². The highest BCUT2D eigenvalue weighted by molar-refractivity contribution is 5.62. The van der Waals surface area contributed by atoms with Crippen molar-refractivity contribution in [3.8, 4) is 0 Å². The Morgan fingerprint density at radius 3 is 1.91 bits per heavy atom. The Morgan fingerprint density at radius 2 is 1.32 bits per heavy atom. The predicted molar refractivity (Wildman–Crippen MR) is 87.0 cm³/mol. The minimum absolute atomic E-state index is 0.399. The van der Waals surface area contributed by atoms with Crippen molar-refractivity contribution in [2.24, 2.45) is 0 Å². The summed E-state index contributed by atoms with van der Waals surface area (Å²) in [5.74, 6) is 0.811. The fourth-order valence-corrected chi connectivity index (χ4v) is 4.32. The number of nitrogens with zero attached hydrogens (tertiary/aromatic N) is 1. The van der Waals surface area contributed by atoms with Gasteiger partial charge in [0.15, 0.2) is 0 Å². The van der Waals surface area contributed by atoms with Crippen LogP contribution in [0.1, 0.15) is 34.1 Å². The molecule has 1 fully saturated rings. The summed E-state index contributed by atoms with van der Waals surface area (Å²) in [4.78, 5) is 2.53. The van der Waals surface area contributed by atoms with Gasteiger partial charge in [-0.2, -0.15) is 0 Å². The van der Waals surface area contributed by atoms with Crippen molar-refractivity contribution < 1.29 is 4.74 Å². The van der Waals surface area contributed by atoms with Gasteiger partial charge in [-0.3, -0.25) is 0 Å². The lowest BCUT2D eigenvalue weighted by atomic mass is 9.66. The van der Waals surface area contributed by atoms with E-state index in [1.54, 1.807) is 0 Å². The summed E-state index contributed by atoms with van der Waals surface area (Å²) >= 11 is 0. The van der Waals surface area contributed by atoms with Crippen LogP contribution in [0, 0.1) is 0 Å². The van der Waals surface area contributed by atoms with Gasteiger partial charge in [-0.25, -0.2) is 0 Å². The Kier molecular flexibility index (Phi) is 2.68. The number of benzene rings is 2. The topological polar surface area (TPSA) is 12.5 Å². The highest BCUT2D eigenvalue weighted by Crippen LogP contribution is 2.52. The van der Waals surface area contributed by atoms with Crippen LogP contribution in [0.15, 0.2) is 60.3 Å². The Labute approximate surface area is 131 Å². The van der Waals surface area contributed by atoms with Crippen LogP contribution in [0.25, 0.3) is 0 Å². The molecule has 0 atom stereocenters. The van der Waals surface area contributed by atoms with Gasteiger partial charge in [-0.05, 0) is 22.3 Å². The number of hydrogen-bond acceptors (Lipinski definition) is 2. The second kappa shape index (κ2) is 4.72. The molecule has 6 rings (SSSR count). The molecule has 22 heavy (non-hydrogen) atoms. The molecule has 0 spiro atoms. The molecular weight excluding hydrogens is 270 g/mol. The molecule has 0 aromatic heterocycles. The molecule has 0 saturated carbocycles. The van der Waals surface area contributed by atoms with E-state index >= 15 is 0 Å². The van der Waals surface area contributed by atoms with E-state index in [4.69, 9.17) is 4.74 Å². The fraction of sp³-hybridized carbons (Fsp3) is 0.300. The summed E-state index contributed by atoms with van der Waals surface area (Å²) in [6.45, 7) is 3.72. The SMILES string of the molecule is C1=C(N2CCOCC2)C2c3ccccc3C1c1ccccc12. The van der Waals surface area contributed by atoms with Crippen LogP contribution in [0.5, 0.6) is 0 Å². The quantitative estimate of drug-likeness (QED) is 0.797. The molecule has 3 aliphatic carbocycles. The van der Waals surface area contributed by atoms with Gasteiger partial charge < -0.3 is 9.64 Å². The largest absolute Gasteiger partial charge is 0.378 e. The van der Waals surface area contributed by atoms with Crippen LogP contribution in [0.3, 0.4) is 0 Å². The molecule has 2 aromatic rings. The van der Waals surface area contributed by atoms with Crippen molar-refractivity contribution in [3.63, 3.8) is 0 Å². The monoisotopic (exact) mass is 289 g/mol. The number of hydrogen-bond donors (Lipinski definition) is 0. The van der Waals surface area contributed by atoms with Gasteiger partial charge >= 0.3 is 0 Å². The van der Waals surface area contributed by atoms with Crippen LogP contribution in [0.2, 0.25) is 0 Å².